The molecule has 0 amide bonds. The van der Waals surface area contributed by atoms with Crippen LogP contribution in [0.1, 0.15) is 44.2 Å². The molecule has 0 aliphatic carbocycles. The first-order chi connectivity index (χ1) is 7.19. The van der Waals surface area contributed by atoms with Gasteiger partial charge in [-0.05, 0) is 36.0 Å². The Morgan fingerprint density at radius 2 is 1.80 bits per heavy atom. The van der Waals surface area contributed by atoms with Crippen molar-refractivity contribution in [2.24, 2.45) is 5.92 Å². The highest BCUT2D eigenvalue weighted by atomic mass is 14.1. The number of rotatable bonds is 5. The van der Waals surface area contributed by atoms with E-state index in [1.165, 1.54) is 29.5 Å². The lowest BCUT2D eigenvalue weighted by Gasteiger charge is -2.15. The van der Waals surface area contributed by atoms with Crippen LogP contribution in [0.25, 0.3) is 5.57 Å². The summed E-state index contributed by atoms with van der Waals surface area (Å²) >= 11 is 0. The Kier molecular flexibility index (Phi) is 4.61. The van der Waals surface area contributed by atoms with Crippen LogP contribution in [0.4, 0.5) is 0 Å². The summed E-state index contributed by atoms with van der Waals surface area (Å²) in [5.41, 5.74) is 3.97. The van der Waals surface area contributed by atoms with Gasteiger partial charge in [-0.15, -0.1) is 0 Å². The van der Waals surface area contributed by atoms with E-state index in [1.54, 1.807) is 0 Å². The van der Waals surface area contributed by atoms with Gasteiger partial charge in [0.05, 0.1) is 0 Å². The van der Waals surface area contributed by atoms with Crippen molar-refractivity contribution in [2.45, 2.75) is 40.0 Å². The monoisotopic (exact) mass is 202 g/mol. The predicted octanol–water partition coefficient (Wildman–Crippen LogP) is 4.83. The topological polar surface area (TPSA) is 0 Å². The van der Waals surface area contributed by atoms with Gasteiger partial charge in [-0.1, -0.05) is 57.5 Å². The molecule has 0 fully saturated rings. The maximum atomic E-state index is 4.22. The lowest BCUT2D eigenvalue weighted by molar-refractivity contribution is 0.506. The van der Waals surface area contributed by atoms with Gasteiger partial charge in [0.1, 0.15) is 0 Å². The number of benzene rings is 1. The zero-order valence-corrected chi connectivity index (χ0v) is 10.2. The summed E-state index contributed by atoms with van der Waals surface area (Å²) in [6.07, 6.45) is 3.64. The molecule has 0 aliphatic rings. The molecule has 1 aromatic rings. The molecule has 0 saturated carbocycles. The smallest absolute Gasteiger partial charge is 0.0201 e. The van der Waals surface area contributed by atoms with Crippen molar-refractivity contribution in [3.8, 4) is 0 Å². The van der Waals surface area contributed by atoms with Gasteiger partial charge in [-0.3, -0.25) is 0 Å². The van der Waals surface area contributed by atoms with Gasteiger partial charge in [0, 0.05) is 0 Å². The third-order valence-corrected chi connectivity index (χ3v) is 3.22. The van der Waals surface area contributed by atoms with Crippen LogP contribution in [-0.2, 0) is 0 Å². The summed E-state index contributed by atoms with van der Waals surface area (Å²) in [5.74, 6) is 0.789. The second-order valence-electron chi connectivity index (χ2n) is 4.31. The van der Waals surface area contributed by atoms with Crippen molar-refractivity contribution < 1.29 is 0 Å². The zero-order chi connectivity index (χ0) is 11.3. The molecular formula is C15H22. The second-order valence-corrected chi connectivity index (χ2v) is 4.31. The first-order valence-corrected chi connectivity index (χ1v) is 5.92. The molecule has 0 unspecified atom stereocenters. The average Bonchev–Trinajstić information content (AvgIpc) is 2.26. The molecule has 0 N–H and O–H groups in total. The molecule has 0 nitrogen and oxygen atoms in total. The molecular weight excluding hydrogens is 180 g/mol. The highest BCUT2D eigenvalue weighted by Gasteiger charge is 2.08. The third-order valence-electron chi connectivity index (χ3n) is 3.22. The molecule has 82 valence electrons. The summed E-state index contributed by atoms with van der Waals surface area (Å²) in [7, 11) is 0. The molecule has 0 aliphatic heterocycles. The van der Waals surface area contributed by atoms with E-state index in [2.05, 4.69) is 51.6 Å². The van der Waals surface area contributed by atoms with E-state index in [1.807, 2.05) is 0 Å². The molecule has 0 spiro atoms. The van der Waals surface area contributed by atoms with Crippen LogP contribution < -0.4 is 0 Å². The van der Waals surface area contributed by atoms with E-state index >= 15 is 0 Å². The standard InChI is InChI=1S/C15H22/c1-5-14(6-2)11-13(4)15-10-8-7-9-12(15)3/h7-10,14H,4-6,11H2,1-3H3. The number of hydrogen-bond acceptors (Lipinski definition) is 0. The Balaban J connectivity index is 2.73. The fourth-order valence-electron chi connectivity index (χ4n) is 2.01. The fourth-order valence-corrected chi connectivity index (χ4v) is 2.01. The van der Waals surface area contributed by atoms with Gasteiger partial charge in [0.25, 0.3) is 0 Å². The summed E-state index contributed by atoms with van der Waals surface area (Å²) in [6, 6.07) is 8.52. The van der Waals surface area contributed by atoms with Crippen LogP contribution in [0.5, 0.6) is 0 Å². The maximum absolute atomic E-state index is 4.22. The highest BCUT2D eigenvalue weighted by molar-refractivity contribution is 5.66. The molecule has 1 aromatic carbocycles. The lowest BCUT2D eigenvalue weighted by atomic mass is 9.90. The molecule has 0 saturated heterocycles. The lowest BCUT2D eigenvalue weighted by Crippen LogP contribution is -1.99. The maximum Gasteiger partial charge on any atom is -0.0201 e. The van der Waals surface area contributed by atoms with E-state index in [4.69, 9.17) is 0 Å². The van der Waals surface area contributed by atoms with E-state index in [9.17, 15) is 0 Å². The quantitative estimate of drug-likeness (QED) is 0.641. The molecule has 0 heterocycles. The molecule has 15 heavy (non-hydrogen) atoms. The summed E-state index contributed by atoms with van der Waals surface area (Å²) in [6.45, 7) is 10.9. The van der Waals surface area contributed by atoms with E-state index in [-0.39, 0.29) is 0 Å². The second kappa shape index (κ2) is 5.75. The van der Waals surface area contributed by atoms with Gasteiger partial charge in [0.2, 0.25) is 0 Å². The number of aryl methyl sites for hydroxylation is 1. The van der Waals surface area contributed by atoms with Crippen molar-refractivity contribution in [1.29, 1.82) is 0 Å². The van der Waals surface area contributed by atoms with Crippen molar-refractivity contribution in [2.75, 3.05) is 0 Å². The minimum atomic E-state index is 0.789. The molecule has 0 aromatic heterocycles. The van der Waals surface area contributed by atoms with Crippen LogP contribution in [0, 0.1) is 12.8 Å². The first-order valence-electron chi connectivity index (χ1n) is 5.92. The van der Waals surface area contributed by atoms with Crippen LogP contribution in [0.3, 0.4) is 0 Å². The summed E-state index contributed by atoms with van der Waals surface area (Å²) in [4.78, 5) is 0. The fraction of sp³-hybridized carbons (Fsp3) is 0.467. The average molecular weight is 202 g/mol. The Bertz CT molecular complexity index is 319. The van der Waals surface area contributed by atoms with Crippen molar-refractivity contribution in [3.63, 3.8) is 0 Å². The van der Waals surface area contributed by atoms with Crippen LogP contribution >= 0.6 is 0 Å². The van der Waals surface area contributed by atoms with Gasteiger partial charge < -0.3 is 0 Å². The summed E-state index contributed by atoms with van der Waals surface area (Å²) in [5, 5.41) is 0. The van der Waals surface area contributed by atoms with Crippen LogP contribution in [-0.4, -0.2) is 0 Å². The highest BCUT2D eigenvalue weighted by Crippen LogP contribution is 2.26. The van der Waals surface area contributed by atoms with Gasteiger partial charge in [-0.2, -0.15) is 0 Å². The SMILES string of the molecule is C=C(CC(CC)CC)c1ccccc1C. The van der Waals surface area contributed by atoms with E-state index in [0.717, 1.165) is 12.3 Å². The van der Waals surface area contributed by atoms with Crippen molar-refractivity contribution in [3.05, 3.63) is 42.0 Å². The van der Waals surface area contributed by atoms with E-state index < -0.39 is 0 Å². The normalized spacial score (nSPS) is 10.7. The largest absolute Gasteiger partial charge is 0.0952 e. The minimum Gasteiger partial charge on any atom is -0.0952 e. The molecule has 0 heteroatoms. The molecule has 0 atom stereocenters. The first kappa shape index (κ1) is 12.0. The van der Waals surface area contributed by atoms with Gasteiger partial charge >= 0.3 is 0 Å². The van der Waals surface area contributed by atoms with Gasteiger partial charge in [-0.25, -0.2) is 0 Å². The third kappa shape index (κ3) is 3.23. The van der Waals surface area contributed by atoms with Crippen LogP contribution in [0.15, 0.2) is 30.8 Å². The minimum absolute atomic E-state index is 0.789. The van der Waals surface area contributed by atoms with Crippen LogP contribution in [0.2, 0.25) is 0 Å². The Hall–Kier alpha value is -1.04. The molecule has 0 bridgehead atoms. The Morgan fingerprint density at radius 3 is 2.33 bits per heavy atom. The zero-order valence-electron chi connectivity index (χ0n) is 10.2. The van der Waals surface area contributed by atoms with Crippen molar-refractivity contribution >= 4 is 5.57 Å². The number of allylic oxidation sites excluding steroid dienone is 1. The predicted molar refractivity (Wildman–Crippen MR) is 68.9 cm³/mol. The molecule has 1 rings (SSSR count). The molecule has 0 radical (unpaired) electrons. The number of hydrogen-bond donors (Lipinski definition) is 0. The Labute approximate surface area is 94.0 Å². The van der Waals surface area contributed by atoms with E-state index in [0.29, 0.717) is 0 Å². The Morgan fingerprint density at radius 1 is 1.20 bits per heavy atom. The van der Waals surface area contributed by atoms with Crippen molar-refractivity contribution in [1.82, 2.24) is 0 Å². The van der Waals surface area contributed by atoms with Gasteiger partial charge in [0.15, 0.2) is 0 Å². The summed E-state index contributed by atoms with van der Waals surface area (Å²) < 4.78 is 0.